The fraction of sp³-hybridized carbons (Fsp3) is 0.842. The van der Waals surface area contributed by atoms with Gasteiger partial charge in [0.1, 0.15) is 13.2 Å². The Morgan fingerprint density at radius 3 is 0.968 bits per heavy atom. The van der Waals surface area contributed by atoms with E-state index in [1.807, 2.05) is 0 Å². The Morgan fingerprint density at radius 1 is 0.333 bits per heavy atom. The van der Waals surface area contributed by atoms with Crippen molar-refractivity contribution in [3.05, 3.63) is 36.5 Å². The third-order valence-corrected chi connectivity index (χ3v) is 12.1. The first kappa shape index (κ1) is 60.6. The van der Waals surface area contributed by atoms with E-state index in [1.54, 1.807) is 0 Å². The summed E-state index contributed by atoms with van der Waals surface area (Å²) in [5.41, 5.74) is 0. The van der Waals surface area contributed by atoms with E-state index in [-0.39, 0.29) is 31.1 Å². The summed E-state index contributed by atoms with van der Waals surface area (Å²) in [5, 5.41) is 0. The number of unbranched alkanes of at least 4 members (excludes halogenated alkanes) is 33. The van der Waals surface area contributed by atoms with Gasteiger partial charge >= 0.3 is 17.9 Å². The summed E-state index contributed by atoms with van der Waals surface area (Å²) in [4.78, 5) is 38.0. The topological polar surface area (TPSA) is 78.9 Å². The lowest BCUT2D eigenvalue weighted by atomic mass is 10.0. The van der Waals surface area contributed by atoms with Crippen LogP contribution in [0.2, 0.25) is 0 Å². The van der Waals surface area contributed by atoms with E-state index in [2.05, 4.69) is 57.2 Å². The number of carbonyl (C=O) groups is 3. The maximum atomic E-state index is 12.8. The third-order valence-electron chi connectivity index (χ3n) is 12.1. The van der Waals surface area contributed by atoms with Crippen molar-refractivity contribution >= 4 is 17.9 Å². The largest absolute Gasteiger partial charge is 0.462 e. The minimum Gasteiger partial charge on any atom is -0.462 e. The predicted octanol–water partition coefficient (Wildman–Crippen LogP) is 18.1. The second kappa shape index (κ2) is 52.3. The number of ether oxygens (including phenoxy) is 3. The summed E-state index contributed by atoms with van der Waals surface area (Å²) < 4.78 is 16.8. The van der Waals surface area contributed by atoms with Gasteiger partial charge in [-0.15, -0.1) is 0 Å². The van der Waals surface area contributed by atoms with Crippen molar-refractivity contribution in [2.24, 2.45) is 0 Å². The minimum absolute atomic E-state index is 0.0758. The summed E-state index contributed by atoms with van der Waals surface area (Å²) in [6.07, 6.45) is 61.3. The van der Waals surface area contributed by atoms with Gasteiger partial charge in [-0.1, -0.05) is 237 Å². The van der Waals surface area contributed by atoms with E-state index >= 15 is 0 Å². The van der Waals surface area contributed by atoms with Crippen molar-refractivity contribution in [2.45, 2.75) is 297 Å². The number of hydrogen-bond donors (Lipinski definition) is 0. The summed E-state index contributed by atoms with van der Waals surface area (Å²) in [5.74, 6) is -0.881. The van der Waals surface area contributed by atoms with Crippen LogP contribution in [0.1, 0.15) is 290 Å². The first-order valence-electron chi connectivity index (χ1n) is 27.5. The molecule has 63 heavy (non-hydrogen) atoms. The molecule has 0 N–H and O–H groups in total. The van der Waals surface area contributed by atoms with Gasteiger partial charge in [0.05, 0.1) is 0 Å². The maximum Gasteiger partial charge on any atom is 0.306 e. The van der Waals surface area contributed by atoms with Crippen LogP contribution >= 0.6 is 0 Å². The van der Waals surface area contributed by atoms with Gasteiger partial charge in [-0.05, 0) is 70.6 Å². The highest BCUT2D eigenvalue weighted by molar-refractivity contribution is 5.71. The Hall–Kier alpha value is -2.37. The molecule has 0 aromatic rings. The number of hydrogen-bond acceptors (Lipinski definition) is 6. The van der Waals surface area contributed by atoms with E-state index < -0.39 is 6.10 Å². The molecule has 0 rings (SSSR count). The molecule has 0 aliphatic carbocycles. The summed E-state index contributed by atoms with van der Waals surface area (Å²) >= 11 is 0. The highest BCUT2D eigenvalue weighted by Crippen LogP contribution is 2.16. The van der Waals surface area contributed by atoms with Crippen molar-refractivity contribution in [3.63, 3.8) is 0 Å². The molecule has 0 radical (unpaired) electrons. The average Bonchev–Trinajstić information content (AvgIpc) is 3.28. The molecule has 0 heterocycles. The molecule has 0 amide bonds. The van der Waals surface area contributed by atoms with Crippen molar-refractivity contribution in [2.75, 3.05) is 13.2 Å². The molecule has 0 fully saturated rings. The lowest BCUT2D eigenvalue weighted by molar-refractivity contribution is -0.167. The molecule has 0 aromatic carbocycles. The van der Waals surface area contributed by atoms with E-state index in [4.69, 9.17) is 14.2 Å². The molecule has 6 heteroatoms. The molecule has 0 saturated carbocycles. The highest BCUT2D eigenvalue weighted by Gasteiger charge is 2.19. The van der Waals surface area contributed by atoms with Crippen molar-refractivity contribution < 1.29 is 28.6 Å². The number of esters is 3. The first-order valence-corrected chi connectivity index (χ1v) is 27.5. The molecular weight excluding hydrogens is 781 g/mol. The Bertz CT molecular complexity index is 1060. The van der Waals surface area contributed by atoms with Crippen LogP contribution in [0.3, 0.4) is 0 Å². The molecular formula is C57H104O6. The normalized spacial score (nSPS) is 12.2. The van der Waals surface area contributed by atoms with E-state index in [1.165, 1.54) is 167 Å². The quantitative estimate of drug-likeness (QED) is 0.0262. The molecule has 0 saturated heterocycles. The third kappa shape index (κ3) is 50.5. The fourth-order valence-electron chi connectivity index (χ4n) is 8.01. The van der Waals surface area contributed by atoms with Crippen LogP contribution in [0.4, 0.5) is 0 Å². The molecule has 1 unspecified atom stereocenters. The summed E-state index contributed by atoms with van der Waals surface area (Å²) in [7, 11) is 0. The second-order valence-electron chi connectivity index (χ2n) is 18.5. The van der Waals surface area contributed by atoms with Gasteiger partial charge in [0, 0.05) is 19.3 Å². The lowest BCUT2D eigenvalue weighted by Crippen LogP contribution is -2.30. The van der Waals surface area contributed by atoms with Crippen molar-refractivity contribution in [1.29, 1.82) is 0 Å². The number of rotatable bonds is 50. The maximum absolute atomic E-state index is 12.8. The molecule has 368 valence electrons. The smallest absolute Gasteiger partial charge is 0.306 e. The van der Waals surface area contributed by atoms with Crippen LogP contribution in [0.15, 0.2) is 36.5 Å². The van der Waals surface area contributed by atoms with Crippen molar-refractivity contribution in [1.82, 2.24) is 0 Å². The van der Waals surface area contributed by atoms with Gasteiger partial charge in [0.15, 0.2) is 6.10 Å². The van der Waals surface area contributed by atoms with E-state index in [0.717, 1.165) is 83.5 Å². The van der Waals surface area contributed by atoms with Crippen LogP contribution in [-0.2, 0) is 28.6 Å². The monoisotopic (exact) mass is 885 g/mol. The first-order chi connectivity index (χ1) is 31.0. The lowest BCUT2D eigenvalue weighted by Gasteiger charge is -2.18. The van der Waals surface area contributed by atoms with Gasteiger partial charge in [-0.25, -0.2) is 0 Å². The summed E-state index contributed by atoms with van der Waals surface area (Å²) in [6.45, 7) is 6.54. The van der Waals surface area contributed by atoms with Crippen molar-refractivity contribution in [3.8, 4) is 0 Å². The zero-order chi connectivity index (χ0) is 45.8. The standard InChI is InChI=1S/C57H104O6/c1-4-7-10-13-16-19-22-25-27-29-31-32-35-38-41-44-47-50-56(59)62-53-54(52-61-55(58)49-46-43-40-37-34-24-21-18-15-12-9-6-3)63-57(60)51-48-45-42-39-36-33-30-28-26-23-20-17-14-11-8-5-2/h9,12,18,21,25,27,54H,4-8,10-11,13-17,19-20,22-24,26,28-53H2,1-3H3/b12-9-,21-18-,27-25-. The molecule has 0 spiro atoms. The molecule has 6 nitrogen and oxygen atoms in total. The van der Waals surface area contributed by atoms with Crippen LogP contribution < -0.4 is 0 Å². The second-order valence-corrected chi connectivity index (χ2v) is 18.5. The van der Waals surface area contributed by atoms with Crippen LogP contribution in [-0.4, -0.2) is 37.2 Å². The Kier molecular flexibility index (Phi) is 50.3. The Balaban J connectivity index is 4.34. The molecule has 0 aliphatic rings. The Labute approximate surface area is 391 Å². The summed E-state index contributed by atoms with van der Waals surface area (Å²) in [6, 6.07) is 0. The number of allylic oxidation sites excluding steroid dienone is 6. The van der Waals surface area contributed by atoms with Gasteiger partial charge < -0.3 is 14.2 Å². The van der Waals surface area contributed by atoms with Crippen LogP contribution in [0.25, 0.3) is 0 Å². The van der Waals surface area contributed by atoms with Gasteiger partial charge in [0.25, 0.3) is 0 Å². The highest BCUT2D eigenvalue weighted by atomic mass is 16.6. The zero-order valence-electron chi connectivity index (χ0n) is 42.1. The SMILES string of the molecule is CC/C=C\C/C=C\CCCCCCCC(=O)OCC(COC(=O)CCCCCCCCC/C=C\CCCCCCCC)OC(=O)CCCCCCCCCCCCCCCCCC. The van der Waals surface area contributed by atoms with E-state index in [0.29, 0.717) is 19.3 Å². The van der Waals surface area contributed by atoms with Crippen LogP contribution in [0.5, 0.6) is 0 Å². The number of carbonyl (C=O) groups excluding carboxylic acids is 3. The molecule has 0 aliphatic heterocycles. The molecule has 0 bridgehead atoms. The zero-order valence-corrected chi connectivity index (χ0v) is 42.1. The predicted molar refractivity (Wildman–Crippen MR) is 270 cm³/mol. The molecule has 0 aromatic heterocycles. The van der Waals surface area contributed by atoms with E-state index in [9.17, 15) is 14.4 Å². The fourth-order valence-corrected chi connectivity index (χ4v) is 8.01. The Morgan fingerprint density at radius 2 is 0.619 bits per heavy atom. The van der Waals surface area contributed by atoms with Gasteiger partial charge in [0.2, 0.25) is 0 Å². The molecule has 1 atom stereocenters. The average molecular weight is 885 g/mol. The van der Waals surface area contributed by atoms with Crippen LogP contribution in [0, 0.1) is 0 Å². The minimum atomic E-state index is -0.776. The van der Waals surface area contributed by atoms with Gasteiger partial charge in [-0.2, -0.15) is 0 Å². The van der Waals surface area contributed by atoms with Gasteiger partial charge in [-0.3, -0.25) is 14.4 Å².